The van der Waals surface area contributed by atoms with Crippen molar-refractivity contribution in [2.24, 2.45) is 0 Å². The molecule has 12 heteroatoms. The minimum atomic E-state index is -6.03. The fourth-order valence-electron chi connectivity index (χ4n) is 1.93. The van der Waals surface area contributed by atoms with E-state index in [1.807, 2.05) is 0 Å². The normalized spacial score (nSPS) is 20.6. The second-order valence-corrected chi connectivity index (χ2v) is 10.1. The molecule has 1 aliphatic rings. The average Bonchev–Trinajstić information content (AvgIpc) is 2.32. The molecule has 0 aromatic carbocycles. The van der Waals surface area contributed by atoms with Crippen molar-refractivity contribution in [3.63, 3.8) is 0 Å². The van der Waals surface area contributed by atoms with Crippen LogP contribution >= 0.6 is 15.9 Å². The van der Waals surface area contributed by atoms with E-state index in [4.69, 9.17) is 3.07 Å². The van der Waals surface area contributed by atoms with E-state index in [1.54, 1.807) is 0 Å². The molecule has 1 aliphatic heterocycles. The van der Waals surface area contributed by atoms with Crippen molar-refractivity contribution in [1.29, 1.82) is 0 Å². The van der Waals surface area contributed by atoms with Gasteiger partial charge < -0.3 is 0 Å². The van der Waals surface area contributed by atoms with Crippen LogP contribution in [-0.4, -0.2) is 59.4 Å². The number of hydrogen-bond donors (Lipinski definition) is 0. The van der Waals surface area contributed by atoms with Gasteiger partial charge in [0.2, 0.25) is 0 Å². The molecule has 113 valence electrons. The van der Waals surface area contributed by atoms with Gasteiger partial charge in [-0.2, -0.15) is 0 Å². The average molecular weight is 504 g/mol. The van der Waals surface area contributed by atoms with Crippen molar-refractivity contribution in [1.82, 2.24) is 9.97 Å². The Labute approximate surface area is 158 Å². The predicted molar refractivity (Wildman–Crippen MR) is 66.1 cm³/mol. The maximum atomic E-state index is 11.5. The number of halogens is 2. The maximum Gasteiger partial charge on any atom is 0.374 e. The third-order valence-electron chi connectivity index (χ3n) is 2.90. The first-order valence-electron chi connectivity index (χ1n) is 5.42. The zero-order valence-electron chi connectivity index (χ0n) is 11.0. The van der Waals surface area contributed by atoms with Crippen LogP contribution in [0.4, 0.5) is 0 Å². The number of rotatable bonds is 3. The molecule has 1 fully saturated rings. The topological polar surface area (TPSA) is 138 Å². The van der Waals surface area contributed by atoms with Gasteiger partial charge in [-0.15, -0.1) is 0 Å². The summed E-state index contributed by atoms with van der Waals surface area (Å²) in [5, 5.41) is 0. The van der Waals surface area contributed by atoms with Crippen LogP contribution < -0.4 is 30.4 Å². The van der Waals surface area contributed by atoms with E-state index in [9.17, 15) is 18.7 Å². The Morgan fingerprint density at radius 1 is 1.19 bits per heavy atom. The molecule has 1 radical (unpaired) electrons. The summed E-state index contributed by atoms with van der Waals surface area (Å²) in [5.41, 5.74) is -1.58. The van der Waals surface area contributed by atoms with Crippen LogP contribution in [0.25, 0.3) is 0 Å². The zero-order chi connectivity index (χ0) is 15.0. The predicted octanol–water partition coefficient (Wildman–Crippen LogP) is -5.82. The first-order chi connectivity index (χ1) is 9.12. The van der Waals surface area contributed by atoms with E-state index in [1.165, 1.54) is 12.4 Å². The van der Waals surface area contributed by atoms with Gasteiger partial charge in [0.1, 0.15) is 0 Å². The van der Waals surface area contributed by atoms with Crippen molar-refractivity contribution in [3.8, 4) is 0 Å². The van der Waals surface area contributed by atoms with Gasteiger partial charge in [-0.05, 0) is 15.9 Å². The summed E-state index contributed by atoms with van der Waals surface area (Å²) in [6.45, 7) is 0. The second kappa shape index (κ2) is 7.32. The number of aromatic nitrogens is 2. The summed E-state index contributed by atoms with van der Waals surface area (Å²) >= 11 is -2.90. The van der Waals surface area contributed by atoms with Crippen LogP contribution in [0.15, 0.2) is 16.9 Å². The van der Waals surface area contributed by atoms with Gasteiger partial charge in [0.25, 0.3) is 5.60 Å². The Kier molecular flexibility index (Phi) is 7.01. The Balaban J connectivity index is 0.00000220. The molecule has 0 N–H and O–H groups in total. The maximum absolute atomic E-state index is 11.5. The minimum Gasteiger partial charge on any atom is -0.255 e. The van der Waals surface area contributed by atoms with Crippen LogP contribution in [0.3, 0.4) is 0 Å². The van der Waals surface area contributed by atoms with Gasteiger partial charge in [-0.3, -0.25) is 10.3 Å². The molecule has 0 spiro atoms. The summed E-state index contributed by atoms with van der Waals surface area (Å²) < 4.78 is 61.2. The van der Waals surface area contributed by atoms with E-state index >= 15 is 0 Å². The molecule has 21 heavy (non-hydrogen) atoms. The molecule has 0 atom stereocenters. The Morgan fingerprint density at radius 2 is 1.67 bits per heavy atom. The molecule has 0 amide bonds. The molecule has 1 aromatic heterocycles. The van der Waals surface area contributed by atoms with Gasteiger partial charge >= 0.3 is 20.1 Å². The Bertz CT molecular complexity index is 579. The first-order valence-corrected chi connectivity index (χ1v) is 11.6. The van der Waals surface area contributed by atoms with Crippen molar-refractivity contribution >= 4 is 55.3 Å². The fourth-order valence-corrected chi connectivity index (χ4v) is 5.29. The van der Waals surface area contributed by atoms with E-state index in [-0.39, 0.29) is 59.7 Å². The first kappa shape index (κ1) is 20.1. The van der Waals surface area contributed by atoms with Crippen LogP contribution in [0.2, 0.25) is 0 Å². The van der Waals surface area contributed by atoms with Crippen LogP contribution in [0.5, 0.6) is 0 Å². The van der Waals surface area contributed by atoms with Gasteiger partial charge in [0.05, 0.1) is 16.0 Å². The van der Waals surface area contributed by atoms with Crippen LogP contribution in [0.1, 0.15) is 18.7 Å². The number of hydrogen-bond acceptors (Lipinski definition) is 8. The summed E-state index contributed by atoms with van der Waals surface area (Å²) in [5.74, 6) is -0.543. The molecule has 1 saturated heterocycles. The molecule has 8 nitrogen and oxygen atoms in total. The van der Waals surface area contributed by atoms with Crippen LogP contribution in [0, 0.1) is 0 Å². The van der Waals surface area contributed by atoms with E-state index < -0.39 is 35.5 Å². The molecular weight excluding hydrogens is 494 g/mol. The quantitative estimate of drug-likeness (QED) is 0.293. The minimum absolute atomic E-state index is 0. The molecule has 2 heterocycles. The van der Waals surface area contributed by atoms with Gasteiger partial charge in [-0.25, -0.2) is 18.4 Å². The number of nitrogens with zero attached hydrogens (tertiary/aromatic N) is 2. The summed E-state index contributed by atoms with van der Waals surface area (Å²) in [4.78, 5) is 7.88. The zero-order valence-corrected chi connectivity index (χ0v) is 17.6. The standard InChI is InChI=1S/C9H10BrIN2O6S.Na/c10-7-5-12-8(13-6-7)9(19-11(14,15)16)1-3-20(17,18)4-2-9;/h5-6H,1-4H2;. The van der Waals surface area contributed by atoms with Gasteiger partial charge in [0, 0.05) is 57.9 Å². The molecule has 0 bridgehead atoms. The van der Waals surface area contributed by atoms with Crippen LogP contribution in [-0.2, 0) is 18.5 Å². The Hall–Kier alpha value is 1.08. The summed E-state index contributed by atoms with van der Waals surface area (Å²) in [6.07, 6.45) is 2.44. The third kappa shape index (κ3) is 5.58. The van der Waals surface area contributed by atoms with E-state index in [0.29, 0.717) is 4.47 Å². The van der Waals surface area contributed by atoms with Crippen molar-refractivity contribution in [2.45, 2.75) is 18.4 Å². The molecular formula is C9H10BrIN2NaO6S. The fraction of sp³-hybridized carbons (Fsp3) is 0.556. The Morgan fingerprint density at radius 3 is 2.10 bits per heavy atom. The van der Waals surface area contributed by atoms with Gasteiger partial charge in [-0.1, -0.05) is 0 Å². The smallest absolute Gasteiger partial charge is 0.255 e. The SMILES string of the molecule is O=S1(=O)CCC(O[I+3]([O-])([O-])[O-])(c2ncc(Br)cn2)CC1.[Na]. The third-order valence-corrected chi connectivity index (χ3v) is 6.35. The second-order valence-electron chi connectivity index (χ2n) is 4.33. The molecule has 1 aromatic rings. The molecule has 0 unspecified atom stereocenters. The summed E-state index contributed by atoms with van der Waals surface area (Å²) in [7, 11) is -3.26. The van der Waals surface area contributed by atoms with E-state index in [2.05, 4.69) is 25.9 Å². The monoisotopic (exact) mass is 503 g/mol. The molecule has 2 rings (SSSR count). The van der Waals surface area contributed by atoms with Crippen molar-refractivity contribution < 1.29 is 41.9 Å². The number of sulfone groups is 1. The molecule has 0 saturated carbocycles. The largest absolute Gasteiger partial charge is 0.374 e. The van der Waals surface area contributed by atoms with E-state index in [0.717, 1.165) is 0 Å². The van der Waals surface area contributed by atoms with Gasteiger partial charge in [0.15, 0.2) is 15.7 Å². The molecule has 0 aliphatic carbocycles. The summed E-state index contributed by atoms with van der Waals surface area (Å²) in [6, 6.07) is 0. The van der Waals surface area contributed by atoms with Crippen molar-refractivity contribution in [3.05, 3.63) is 22.7 Å². The van der Waals surface area contributed by atoms with Crippen molar-refractivity contribution in [2.75, 3.05) is 11.5 Å².